The minimum atomic E-state index is -0.322. The molecule has 4 nitrogen and oxygen atoms in total. The molecule has 0 saturated carbocycles. The Morgan fingerprint density at radius 1 is 1.47 bits per heavy atom. The van der Waals surface area contributed by atoms with Gasteiger partial charge < -0.3 is 14.7 Å². The molecule has 1 amide bonds. The summed E-state index contributed by atoms with van der Waals surface area (Å²) in [5.74, 6) is 0.384. The molecule has 0 bridgehead atoms. The standard InChI is InChI=1S/C13H25NO3/c1-10(2)17-8-6-13(16)14-7-4-5-12(9-14)11(3)15/h10-12,15H,4-9H2,1-3H3. The fourth-order valence-corrected chi connectivity index (χ4v) is 2.17. The highest BCUT2D eigenvalue weighted by molar-refractivity contribution is 5.76. The summed E-state index contributed by atoms with van der Waals surface area (Å²) in [6.07, 6.45) is 2.31. The van der Waals surface area contributed by atoms with Gasteiger partial charge in [0.15, 0.2) is 0 Å². The fraction of sp³-hybridized carbons (Fsp3) is 0.923. The normalized spacial score (nSPS) is 22.9. The second-order valence-electron chi connectivity index (χ2n) is 5.15. The first kappa shape index (κ1) is 14.5. The zero-order valence-electron chi connectivity index (χ0n) is 11.2. The second-order valence-corrected chi connectivity index (χ2v) is 5.15. The van der Waals surface area contributed by atoms with Gasteiger partial charge >= 0.3 is 0 Å². The molecule has 0 radical (unpaired) electrons. The van der Waals surface area contributed by atoms with Gasteiger partial charge in [0.2, 0.25) is 5.91 Å². The lowest BCUT2D eigenvalue weighted by Gasteiger charge is -2.34. The molecular formula is C13H25NO3. The number of hydrogen-bond acceptors (Lipinski definition) is 3. The minimum Gasteiger partial charge on any atom is -0.393 e. The van der Waals surface area contributed by atoms with E-state index in [0.717, 1.165) is 19.4 Å². The molecule has 0 aromatic heterocycles. The van der Waals surface area contributed by atoms with Crippen molar-refractivity contribution in [3.8, 4) is 0 Å². The van der Waals surface area contributed by atoms with E-state index in [9.17, 15) is 9.90 Å². The molecule has 1 saturated heterocycles. The first-order valence-electron chi connectivity index (χ1n) is 6.58. The van der Waals surface area contributed by atoms with E-state index in [2.05, 4.69) is 0 Å². The summed E-state index contributed by atoms with van der Waals surface area (Å²) in [4.78, 5) is 13.8. The zero-order valence-corrected chi connectivity index (χ0v) is 11.2. The maximum atomic E-state index is 11.9. The van der Waals surface area contributed by atoms with E-state index < -0.39 is 0 Å². The molecule has 0 aromatic carbocycles. The van der Waals surface area contributed by atoms with Crippen LogP contribution in [0.15, 0.2) is 0 Å². The van der Waals surface area contributed by atoms with Crippen molar-refractivity contribution >= 4 is 5.91 Å². The Morgan fingerprint density at radius 3 is 2.76 bits per heavy atom. The molecule has 2 unspecified atom stereocenters. The largest absolute Gasteiger partial charge is 0.393 e. The molecule has 1 heterocycles. The quantitative estimate of drug-likeness (QED) is 0.794. The molecule has 1 aliphatic rings. The number of rotatable bonds is 5. The van der Waals surface area contributed by atoms with Gasteiger partial charge in [0.25, 0.3) is 0 Å². The van der Waals surface area contributed by atoms with Crippen LogP contribution in [0.2, 0.25) is 0 Å². The highest BCUT2D eigenvalue weighted by atomic mass is 16.5. The van der Waals surface area contributed by atoms with Crippen LogP contribution in [0.25, 0.3) is 0 Å². The van der Waals surface area contributed by atoms with E-state index in [1.165, 1.54) is 0 Å². The van der Waals surface area contributed by atoms with Crippen molar-refractivity contribution in [3.05, 3.63) is 0 Å². The number of aliphatic hydroxyl groups is 1. The number of hydrogen-bond donors (Lipinski definition) is 1. The molecule has 100 valence electrons. The SMILES string of the molecule is CC(C)OCCC(=O)N1CCCC(C(C)O)C1. The molecular weight excluding hydrogens is 218 g/mol. The van der Waals surface area contributed by atoms with E-state index in [-0.39, 0.29) is 24.0 Å². The Balaban J connectivity index is 2.31. The van der Waals surface area contributed by atoms with Crippen molar-refractivity contribution in [2.24, 2.45) is 5.92 Å². The molecule has 1 N–H and O–H groups in total. The Hall–Kier alpha value is -0.610. The van der Waals surface area contributed by atoms with Gasteiger partial charge in [0.05, 0.1) is 25.2 Å². The summed E-state index contributed by atoms with van der Waals surface area (Å²) in [5, 5.41) is 9.56. The van der Waals surface area contributed by atoms with Gasteiger partial charge in [0, 0.05) is 19.0 Å². The molecule has 0 aliphatic carbocycles. The van der Waals surface area contributed by atoms with Crippen molar-refractivity contribution in [3.63, 3.8) is 0 Å². The van der Waals surface area contributed by atoms with E-state index >= 15 is 0 Å². The first-order valence-corrected chi connectivity index (χ1v) is 6.58. The van der Waals surface area contributed by atoms with Crippen LogP contribution in [-0.4, -0.2) is 47.8 Å². The van der Waals surface area contributed by atoms with Crippen LogP contribution in [0.4, 0.5) is 0 Å². The van der Waals surface area contributed by atoms with Crippen LogP contribution in [0.1, 0.15) is 40.0 Å². The predicted octanol–water partition coefficient (Wildman–Crippen LogP) is 1.42. The smallest absolute Gasteiger partial charge is 0.224 e. The van der Waals surface area contributed by atoms with Gasteiger partial charge in [-0.25, -0.2) is 0 Å². The first-order chi connectivity index (χ1) is 8.00. The van der Waals surface area contributed by atoms with Crippen LogP contribution in [0, 0.1) is 5.92 Å². The number of amides is 1. The molecule has 1 aliphatic heterocycles. The topological polar surface area (TPSA) is 49.8 Å². The van der Waals surface area contributed by atoms with Gasteiger partial charge in [-0.3, -0.25) is 4.79 Å². The molecule has 2 atom stereocenters. The number of aliphatic hydroxyl groups excluding tert-OH is 1. The molecule has 1 fully saturated rings. The summed E-state index contributed by atoms with van der Waals surface area (Å²) in [6.45, 7) is 7.75. The van der Waals surface area contributed by atoms with E-state index in [1.54, 1.807) is 6.92 Å². The number of likely N-dealkylation sites (tertiary alicyclic amines) is 1. The van der Waals surface area contributed by atoms with Crippen LogP contribution in [0.3, 0.4) is 0 Å². The number of nitrogens with zero attached hydrogens (tertiary/aromatic N) is 1. The van der Waals surface area contributed by atoms with E-state index in [1.807, 2.05) is 18.7 Å². The monoisotopic (exact) mass is 243 g/mol. The van der Waals surface area contributed by atoms with Crippen molar-refractivity contribution in [1.82, 2.24) is 4.90 Å². The van der Waals surface area contributed by atoms with Crippen LogP contribution < -0.4 is 0 Å². The fourth-order valence-electron chi connectivity index (χ4n) is 2.17. The van der Waals surface area contributed by atoms with Crippen molar-refractivity contribution < 1.29 is 14.6 Å². The Kier molecular flexibility index (Phi) is 5.92. The average molecular weight is 243 g/mol. The van der Waals surface area contributed by atoms with Gasteiger partial charge in [-0.2, -0.15) is 0 Å². The Labute approximate surface area is 104 Å². The Morgan fingerprint density at radius 2 is 2.18 bits per heavy atom. The summed E-state index contributed by atoms with van der Waals surface area (Å²) in [6, 6.07) is 0. The number of ether oxygens (including phenoxy) is 1. The summed E-state index contributed by atoms with van der Waals surface area (Å²) in [7, 11) is 0. The minimum absolute atomic E-state index is 0.149. The molecule has 17 heavy (non-hydrogen) atoms. The third-order valence-corrected chi connectivity index (χ3v) is 3.26. The lowest BCUT2D eigenvalue weighted by molar-refractivity contribution is -0.135. The van der Waals surface area contributed by atoms with Crippen LogP contribution in [-0.2, 0) is 9.53 Å². The summed E-state index contributed by atoms with van der Waals surface area (Å²) >= 11 is 0. The number of carbonyl (C=O) groups is 1. The molecule has 0 spiro atoms. The van der Waals surface area contributed by atoms with E-state index in [4.69, 9.17) is 4.74 Å². The summed E-state index contributed by atoms with van der Waals surface area (Å²) in [5.41, 5.74) is 0. The molecule has 0 aromatic rings. The van der Waals surface area contributed by atoms with Crippen LogP contribution >= 0.6 is 0 Å². The van der Waals surface area contributed by atoms with Crippen molar-refractivity contribution in [1.29, 1.82) is 0 Å². The lowest BCUT2D eigenvalue weighted by Crippen LogP contribution is -2.43. The lowest BCUT2D eigenvalue weighted by atomic mass is 9.93. The third kappa shape index (κ3) is 5.04. The number of carbonyl (C=O) groups excluding carboxylic acids is 1. The molecule has 1 rings (SSSR count). The van der Waals surface area contributed by atoms with Gasteiger partial charge in [-0.05, 0) is 33.6 Å². The van der Waals surface area contributed by atoms with Crippen LogP contribution in [0.5, 0.6) is 0 Å². The van der Waals surface area contributed by atoms with E-state index in [0.29, 0.717) is 19.6 Å². The van der Waals surface area contributed by atoms with Gasteiger partial charge in [-0.1, -0.05) is 0 Å². The van der Waals surface area contributed by atoms with Gasteiger partial charge in [0.1, 0.15) is 0 Å². The maximum Gasteiger partial charge on any atom is 0.224 e. The Bertz CT molecular complexity index is 241. The highest BCUT2D eigenvalue weighted by Gasteiger charge is 2.26. The van der Waals surface area contributed by atoms with Crippen molar-refractivity contribution in [2.45, 2.75) is 52.2 Å². The molecule has 4 heteroatoms. The maximum absolute atomic E-state index is 11.9. The highest BCUT2D eigenvalue weighted by Crippen LogP contribution is 2.20. The number of piperidine rings is 1. The summed E-state index contributed by atoms with van der Waals surface area (Å²) < 4.78 is 5.38. The van der Waals surface area contributed by atoms with Crippen molar-refractivity contribution in [2.75, 3.05) is 19.7 Å². The zero-order chi connectivity index (χ0) is 12.8. The van der Waals surface area contributed by atoms with Gasteiger partial charge in [-0.15, -0.1) is 0 Å². The second kappa shape index (κ2) is 6.97. The third-order valence-electron chi connectivity index (χ3n) is 3.26. The predicted molar refractivity (Wildman–Crippen MR) is 66.7 cm³/mol. The average Bonchev–Trinajstić information content (AvgIpc) is 2.28.